The van der Waals surface area contributed by atoms with Crippen molar-refractivity contribution in [2.75, 3.05) is 6.79 Å². The molecule has 0 aliphatic carbocycles. The van der Waals surface area contributed by atoms with Gasteiger partial charge in [-0.2, -0.15) is 0 Å². The van der Waals surface area contributed by atoms with Gasteiger partial charge in [-0.25, -0.2) is 8.42 Å². The van der Waals surface area contributed by atoms with E-state index in [0.717, 1.165) is 6.07 Å². The quantitative estimate of drug-likeness (QED) is 0.473. The molecular formula is C19H13NO7S. The second-order valence-electron chi connectivity index (χ2n) is 5.83. The molecule has 0 spiro atoms. The largest absolute Gasteiger partial charge is 0.454 e. The Balaban J connectivity index is 1.87. The van der Waals surface area contributed by atoms with Gasteiger partial charge in [0.1, 0.15) is 9.83 Å². The van der Waals surface area contributed by atoms with Crippen molar-refractivity contribution in [3.8, 4) is 11.5 Å². The van der Waals surface area contributed by atoms with Crippen molar-refractivity contribution in [2.45, 2.75) is 4.90 Å². The minimum Gasteiger partial charge on any atom is -0.454 e. The molecule has 9 heteroatoms. The van der Waals surface area contributed by atoms with E-state index in [1.54, 1.807) is 36.4 Å². The van der Waals surface area contributed by atoms with Crippen molar-refractivity contribution in [3.05, 3.63) is 82.1 Å². The predicted octanol–water partition coefficient (Wildman–Crippen LogP) is 3.89. The van der Waals surface area contributed by atoms with Gasteiger partial charge in [-0.3, -0.25) is 10.1 Å². The molecule has 2 aromatic carbocycles. The molecule has 0 atom stereocenters. The Morgan fingerprint density at radius 3 is 2.46 bits per heavy atom. The Bertz CT molecular complexity index is 1180. The Kier molecular flexibility index (Phi) is 4.36. The summed E-state index contributed by atoms with van der Waals surface area (Å²) < 4.78 is 42.1. The van der Waals surface area contributed by atoms with Crippen molar-refractivity contribution >= 4 is 26.7 Å². The zero-order chi connectivity index (χ0) is 19.7. The smallest absolute Gasteiger partial charge is 0.433 e. The molecule has 8 nitrogen and oxygen atoms in total. The van der Waals surface area contributed by atoms with Crippen LogP contribution < -0.4 is 9.47 Å². The molecule has 0 fully saturated rings. The highest BCUT2D eigenvalue weighted by Crippen LogP contribution is 2.36. The Hall–Kier alpha value is -3.59. The van der Waals surface area contributed by atoms with Crippen LogP contribution in [0.2, 0.25) is 0 Å². The number of hydrogen-bond donors (Lipinski definition) is 0. The molecule has 0 N–H and O–H groups in total. The van der Waals surface area contributed by atoms with E-state index in [2.05, 4.69) is 0 Å². The van der Waals surface area contributed by atoms with Crippen LogP contribution in [0, 0.1) is 10.1 Å². The van der Waals surface area contributed by atoms with Crippen LogP contribution in [-0.2, 0) is 9.84 Å². The molecule has 4 rings (SSSR count). The summed E-state index contributed by atoms with van der Waals surface area (Å²) in [5.41, 5.74) is 0.512. The third-order valence-electron chi connectivity index (χ3n) is 4.05. The molecular weight excluding hydrogens is 386 g/mol. The number of rotatable bonds is 5. The van der Waals surface area contributed by atoms with E-state index >= 15 is 0 Å². The van der Waals surface area contributed by atoms with Gasteiger partial charge in [-0.05, 0) is 42.0 Å². The Morgan fingerprint density at radius 1 is 1.00 bits per heavy atom. The molecule has 0 saturated heterocycles. The molecule has 0 saturated carbocycles. The summed E-state index contributed by atoms with van der Waals surface area (Å²) in [5, 5.41) is 11.0. The monoisotopic (exact) mass is 399 g/mol. The standard InChI is InChI=1S/C19H13NO7S/c21-20(22)19-9-8-16(27-19)18(28(23,24)14-4-2-1-3-5-14)11-13-6-7-15-17(10-13)26-12-25-15/h1-11H,12H2/b18-11-. The summed E-state index contributed by atoms with van der Waals surface area (Å²) in [4.78, 5) is 10.1. The molecule has 1 aromatic heterocycles. The summed E-state index contributed by atoms with van der Waals surface area (Å²) in [7, 11) is -4.01. The number of ether oxygens (including phenoxy) is 2. The first kappa shape index (κ1) is 17.8. The van der Waals surface area contributed by atoms with Crippen LogP contribution in [0.4, 0.5) is 5.88 Å². The van der Waals surface area contributed by atoms with Crippen molar-refractivity contribution in [2.24, 2.45) is 0 Å². The van der Waals surface area contributed by atoms with Gasteiger partial charge in [0.2, 0.25) is 16.6 Å². The fraction of sp³-hybridized carbons (Fsp3) is 0.0526. The molecule has 3 aromatic rings. The van der Waals surface area contributed by atoms with Crippen molar-refractivity contribution in [1.82, 2.24) is 0 Å². The van der Waals surface area contributed by atoms with Crippen LogP contribution >= 0.6 is 0 Å². The zero-order valence-corrected chi connectivity index (χ0v) is 15.1. The average Bonchev–Trinajstić information content (AvgIpc) is 3.35. The van der Waals surface area contributed by atoms with Gasteiger partial charge in [0.05, 0.1) is 11.0 Å². The highest BCUT2D eigenvalue weighted by atomic mass is 32.2. The molecule has 0 radical (unpaired) electrons. The molecule has 1 aliphatic rings. The van der Waals surface area contributed by atoms with Gasteiger partial charge in [0.15, 0.2) is 17.3 Å². The van der Waals surface area contributed by atoms with Gasteiger partial charge >= 0.3 is 5.88 Å². The summed E-state index contributed by atoms with van der Waals surface area (Å²) in [6.07, 6.45) is 1.38. The summed E-state index contributed by atoms with van der Waals surface area (Å²) in [6, 6.07) is 15.1. The van der Waals surface area contributed by atoms with E-state index in [9.17, 15) is 18.5 Å². The lowest BCUT2D eigenvalue weighted by molar-refractivity contribution is -0.402. The molecule has 0 unspecified atom stereocenters. The van der Waals surface area contributed by atoms with E-state index < -0.39 is 20.6 Å². The summed E-state index contributed by atoms with van der Waals surface area (Å²) in [6.45, 7) is 0.0854. The lowest BCUT2D eigenvalue weighted by Gasteiger charge is -2.08. The maximum absolute atomic E-state index is 13.2. The highest BCUT2D eigenvalue weighted by Gasteiger charge is 2.27. The maximum Gasteiger partial charge on any atom is 0.433 e. The van der Waals surface area contributed by atoms with Gasteiger partial charge in [0.25, 0.3) is 0 Å². The number of hydrogen-bond acceptors (Lipinski definition) is 7. The Labute approximate surface area is 159 Å². The molecule has 142 valence electrons. The summed E-state index contributed by atoms with van der Waals surface area (Å²) in [5.74, 6) is 0.358. The van der Waals surface area contributed by atoms with Crippen LogP contribution in [0.25, 0.3) is 11.0 Å². The number of nitro groups is 1. The first-order valence-electron chi connectivity index (χ1n) is 8.11. The Morgan fingerprint density at radius 2 is 1.75 bits per heavy atom. The van der Waals surface area contributed by atoms with E-state index in [4.69, 9.17) is 13.9 Å². The second kappa shape index (κ2) is 6.86. The topological polar surface area (TPSA) is 109 Å². The SMILES string of the molecule is O=[N+]([O-])c1ccc(/C(=C/c2ccc3c(c2)OCO3)S(=O)(=O)c2ccccc2)o1. The van der Waals surface area contributed by atoms with E-state index in [-0.39, 0.29) is 22.4 Å². The lowest BCUT2D eigenvalue weighted by atomic mass is 10.2. The molecule has 28 heavy (non-hydrogen) atoms. The van der Waals surface area contributed by atoms with Crippen LogP contribution in [0.3, 0.4) is 0 Å². The number of benzene rings is 2. The molecule has 2 heterocycles. The fourth-order valence-corrected chi connectivity index (χ4v) is 4.16. The molecule has 0 amide bonds. The maximum atomic E-state index is 13.2. The number of nitrogens with zero attached hydrogens (tertiary/aromatic N) is 1. The molecule has 0 bridgehead atoms. The second-order valence-corrected chi connectivity index (χ2v) is 7.75. The average molecular weight is 399 g/mol. The number of furan rings is 1. The van der Waals surface area contributed by atoms with E-state index in [1.165, 1.54) is 24.3 Å². The minimum absolute atomic E-state index is 0.0426. The van der Waals surface area contributed by atoms with Gasteiger partial charge in [-0.1, -0.05) is 24.3 Å². The third-order valence-corrected chi connectivity index (χ3v) is 5.84. The minimum atomic E-state index is -4.01. The van der Waals surface area contributed by atoms with Crippen LogP contribution in [-0.4, -0.2) is 20.1 Å². The summed E-state index contributed by atoms with van der Waals surface area (Å²) >= 11 is 0. The number of fused-ring (bicyclic) bond motifs is 1. The van der Waals surface area contributed by atoms with Crippen LogP contribution in [0.1, 0.15) is 11.3 Å². The third kappa shape index (κ3) is 3.23. The van der Waals surface area contributed by atoms with Gasteiger partial charge < -0.3 is 13.9 Å². The number of sulfone groups is 1. The van der Waals surface area contributed by atoms with Crippen molar-refractivity contribution in [1.29, 1.82) is 0 Å². The van der Waals surface area contributed by atoms with Crippen LogP contribution in [0.5, 0.6) is 11.5 Å². The van der Waals surface area contributed by atoms with Crippen molar-refractivity contribution < 1.29 is 27.2 Å². The van der Waals surface area contributed by atoms with Crippen LogP contribution in [0.15, 0.2) is 70.0 Å². The van der Waals surface area contributed by atoms with Gasteiger partial charge in [0, 0.05) is 0 Å². The first-order valence-corrected chi connectivity index (χ1v) is 9.59. The normalized spacial score (nSPS) is 13.5. The molecule has 1 aliphatic heterocycles. The predicted molar refractivity (Wildman–Crippen MR) is 99.4 cm³/mol. The zero-order valence-electron chi connectivity index (χ0n) is 14.3. The highest BCUT2D eigenvalue weighted by molar-refractivity contribution is 8.00. The van der Waals surface area contributed by atoms with Gasteiger partial charge in [-0.15, -0.1) is 0 Å². The van der Waals surface area contributed by atoms with E-state index in [1.807, 2.05) is 0 Å². The lowest BCUT2D eigenvalue weighted by Crippen LogP contribution is -2.03. The van der Waals surface area contributed by atoms with E-state index in [0.29, 0.717) is 17.1 Å². The van der Waals surface area contributed by atoms with Crippen molar-refractivity contribution in [3.63, 3.8) is 0 Å². The first-order chi connectivity index (χ1) is 13.4. The fourth-order valence-electron chi connectivity index (χ4n) is 2.72.